The van der Waals surface area contributed by atoms with Crippen LogP contribution in [0.4, 0.5) is 24.7 Å². The number of ether oxygens (including phenoxy) is 3. The maximum atomic E-state index is 12.7. The van der Waals surface area contributed by atoms with E-state index in [2.05, 4.69) is 30.7 Å². The smallest absolute Gasteiger partial charge is 0.406 e. The van der Waals surface area contributed by atoms with E-state index < -0.39 is 18.6 Å². The Morgan fingerprint density at radius 1 is 0.872 bits per heavy atom. The second-order valence-corrected chi connectivity index (χ2v) is 11.3. The molecule has 1 aromatic heterocycles. The number of aromatic nitrogens is 2. The second kappa shape index (κ2) is 15.5. The lowest BCUT2D eigenvalue weighted by molar-refractivity contribution is -0.274. The SMILES string of the molecule is O=C(NCCOCCOCCNC(=O)[C@H]1C[C@@H]2C[C@H]1[C@@H](O)[C@H]2O)c1cccc(-c2cc(Nc3ccc(OC(F)(F)F)cc3)ncn2)c1. The summed E-state index contributed by atoms with van der Waals surface area (Å²) in [5.41, 5.74) is 2.10. The topological polar surface area (TPSA) is 164 Å². The van der Waals surface area contributed by atoms with Gasteiger partial charge in [0.05, 0.1) is 44.3 Å². The van der Waals surface area contributed by atoms with Gasteiger partial charge < -0.3 is 40.4 Å². The van der Waals surface area contributed by atoms with Gasteiger partial charge in [0.15, 0.2) is 0 Å². The Bertz CT molecular complexity index is 1510. The summed E-state index contributed by atoms with van der Waals surface area (Å²) in [6.45, 7) is 1.83. The van der Waals surface area contributed by atoms with Crippen molar-refractivity contribution >= 4 is 23.3 Å². The predicted molar refractivity (Wildman–Crippen MR) is 163 cm³/mol. The molecule has 47 heavy (non-hydrogen) atoms. The zero-order valence-electron chi connectivity index (χ0n) is 25.3. The minimum absolute atomic E-state index is 0.00753. The van der Waals surface area contributed by atoms with Gasteiger partial charge in [-0.05, 0) is 61.1 Å². The fourth-order valence-corrected chi connectivity index (χ4v) is 5.93. The number of alkyl halides is 3. The van der Waals surface area contributed by atoms with Crippen LogP contribution in [0.15, 0.2) is 60.9 Å². The third-order valence-electron chi connectivity index (χ3n) is 8.15. The molecule has 2 saturated carbocycles. The van der Waals surface area contributed by atoms with Crippen molar-refractivity contribution in [3.05, 3.63) is 66.5 Å². The largest absolute Gasteiger partial charge is 0.573 e. The van der Waals surface area contributed by atoms with Crippen LogP contribution in [-0.4, -0.2) is 90.1 Å². The molecule has 2 aliphatic carbocycles. The van der Waals surface area contributed by atoms with Gasteiger partial charge in [-0.2, -0.15) is 0 Å². The molecule has 5 rings (SSSR count). The zero-order chi connectivity index (χ0) is 33.4. The molecule has 2 aromatic carbocycles. The number of anilines is 2. The molecule has 3 aromatic rings. The van der Waals surface area contributed by atoms with E-state index in [0.29, 0.717) is 67.5 Å². The zero-order valence-corrected chi connectivity index (χ0v) is 25.3. The van der Waals surface area contributed by atoms with Gasteiger partial charge in [-0.3, -0.25) is 9.59 Å². The Morgan fingerprint density at radius 2 is 1.60 bits per heavy atom. The summed E-state index contributed by atoms with van der Waals surface area (Å²) in [5.74, 6) is -0.812. The van der Waals surface area contributed by atoms with E-state index in [0.717, 1.165) is 0 Å². The molecule has 15 heteroatoms. The molecule has 5 N–H and O–H groups in total. The molecule has 2 amide bonds. The van der Waals surface area contributed by atoms with Crippen LogP contribution in [0, 0.1) is 17.8 Å². The normalized spacial score (nSPS) is 21.8. The summed E-state index contributed by atoms with van der Waals surface area (Å²) >= 11 is 0. The molecular weight excluding hydrogens is 623 g/mol. The summed E-state index contributed by atoms with van der Waals surface area (Å²) in [4.78, 5) is 33.5. The third kappa shape index (κ3) is 9.38. The first kappa shape index (κ1) is 34.0. The lowest BCUT2D eigenvalue weighted by Gasteiger charge is -2.28. The summed E-state index contributed by atoms with van der Waals surface area (Å²) < 4.78 is 52.1. The number of carbonyl (C=O) groups excluding carboxylic acids is 2. The monoisotopic (exact) mass is 659 g/mol. The van der Waals surface area contributed by atoms with Gasteiger partial charge in [-0.1, -0.05) is 12.1 Å². The molecule has 252 valence electrons. The van der Waals surface area contributed by atoms with Crippen molar-refractivity contribution in [1.82, 2.24) is 20.6 Å². The number of hydrogen-bond donors (Lipinski definition) is 5. The molecule has 2 bridgehead atoms. The number of nitrogens with one attached hydrogen (secondary N) is 3. The van der Waals surface area contributed by atoms with Gasteiger partial charge in [-0.15, -0.1) is 13.2 Å². The Balaban J connectivity index is 0.970. The average Bonchev–Trinajstić information content (AvgIpc) is 3.61. The summed E-state index contributed by atoms with van der Waals surface area (Å²) in [6.07, 6.45) is -3.71. The quantitative estimate of drug-likeness (QED) is 0.153. The minimum atomic E-state index is -4.77. The summed E-state index contributed by atoms with van der Waals surface area (Å²) in [5, 5.41) is 28.5. The first-order chi connectivity index (χ1) is 22.6. The van der Waals surface area contributed by atoms with Crippen molar-refractivity contribution in [2.24, 2.45) is 17.8 Å². The van der Waals surface area contributed by atoms with Crippen molar-refractivity contribution in [1.29, 1.82) is 0 Å². The van der Waals surface area contributed by atoms with Gasteiger partial charge in [0.2, 0.25) is 5.91 Å². The van der Waals surface area contributed by atoms with Crippen LogP contribution >= 0.6 is 0 Å². The van der Waals surface area contributed by atoms with Crippen LogP contribution in [0.2, 0.25) is 0 Å². The van der Waals surface area contributed by atoms with Gasteiger partial charge in [0.1, 0.15) is 17.9 Å². The van der Waals surface area contributed by atoms with Crippen LogP contribution in [-0.2, 0) is 14.3 Å². The fourth-order valence-electron chi connectivity index (χ4n) is 5.93. The van der Waals surface area contributed by atoms with Crippen molar-refractivity contribution in [2.75, 3.05) is 44.8 Å². The molecule has 0 spiro atoms. The van der Waals surface area contributed by atoms with Gasteiger partial charge in [-0.25, -0.2) is 9.97 Å². The molecule has 0 saturated heterocycles. The highest BCUT2D eigenvalue weighted by molar-refractivity contribution is 5.95. The molecule has 2 fully saturated rings. The standard InChI is InChI=1S/C32H36F3N5O7/c33-32(34,35)47-23-6-4-22(5-7-23)40-27-17-26(38-18-39-27)19-2-1-3-20(14-19)30(43)36-8-10-45-12-13-46-11-9-37-31(44)25-16-21-15-24(25)29(42)28(21)41/h1-7,14,17-18,21,24-25,28-29,41-42H,8-13,15-16H2,(H,36,43)(H,37,44)(H,38,39,40)/t21-,24+,25-,28-,29+/m0/s1. The maximum absolute atomic E-state index is 12.7. The van der Waals surface area contributed by atoms with Crippen LogP contribution in [0.1, 0.15) is 23.2 Å². The Morgan fingerprint density at radius 3 is 2.28 bits per heavy atom. The number of hydrogen-bond acceptors (Lipinski definition) is 10. The van der Waals surface area contributed by atoms with Gasteiger partial charge in [0.25, 0.3) is 5.91 Å². The van der Waals surface area contributed by atoms with E-state index in [9.17, 15) is 33.0 Å². The fraction of sp³-hybridized carbons (Fsp3) is 0.438. The number of aliphatic hydroxyl groups excluding tert-OH is 2. The summed E-state index contributed by atoms with van der Waals surface area (Å²) in [6, 6.07) is 13.7. The van der Waals surface area contributed by atoms with Crippen LogP contribution in [0.5, 0.6) is 5.75 Å². The number of halogens is 3. The Hall–Kier alpha value is -4.31. The lowest BCUT2D eigenvalue weighted by atomic mass is 9.84. The van der Waals surface area contributed by atoms with E-state index in [4.69, 9.17) is 9.47 Å². The molecule has 0 unspecified atom stereocenters. The number of benzene rings is 2. The highest BCUT2D eigenvalue weighted by Crippen LogP contribution is 2.48. The number of nitrogens with zero attached hydrogens (tertiary/aromatic N) is 2. The molecule has 1 heterocycles. The highest BCUT2D eigenvalue weighted by atomic mass is 19.4. The van der Waals surface area contributed by atoms with E-state index in [-0.39, 0.29) is 48.5 Å². The number of amides is 2. The number of fused-ring (bicyclic) bond motifs is 2. The van der Waals surface area contributed by atoms with Crippen LogP contribution in [0.25, 0.3) is 11.3 Å². The second-order valence-electron chi connectivity index (χ2n) is 11.3. The van der Waals surface area contributed by atoms with E-state index in [1.54, 1.807) is 30.3 Å². The van der Waals surface area contributed by atoms with Crippen molar-refractivity contribution in [3.8, 4) is 17.0 Å². The van der Waals surface area contributed by atoms with E-state index >= 15 is 0 Å². The van der Waals surface area contributed by atoms with Crippen molar-refractivity contribution in [3.63, 3.8) is 0 Å². The average molecular weight is 660 g/mol. The number of aliphatic hydroxyl groups is 2. The lowest BCUT2D eigenvalue weighted by Crippen LogP contribution is -2.43. The predicted octanol–water partition coefficient (Wildman–Crippen LogP) is 3.04. The van der Waals surface area contributed by atoms with Crippen molar-refractivity contribution in [2.45, 2.75) is 31.4 Å². The van der Waals surface area contributed by atoms with E-state index in [1.807, 2.05) is 0 Å². The van der Waals surface area contributed by atoms with Crippen LogP contribution < -0.4 is 20.7 Å². The molecular formula is C32H36F3N5O7. The van der Waals surface area contributed by atoms with E-state index in [1.165, 1.54) is 30.6 Å². The minimum Gasteiger partial charge on any atom is -0.406 e. The molecule has 12 nitrogen and oxygen atoms in total. The molecule has 0 aliphatic heterocycles. The van der Waals surface area contributed by atoms with Crippen molar-refractivity contribution < 1.29 is 47.2 Å². The molecule has 5 atom stereocenters. The summed E-state index contributed by atoms with van der Waals surface area (Å²) in [7, 11) is 0. The molecule has 0 radical (unpaired) electrons. The van der Waals surface area contributed by atoms with Gasteiger partial charge >= 0.3 is 6.36 Å². The first-order valence-electron chi connectivity index (χ1n) is 15.2. The van der Waals surface area contributed by atoms with Crippen LogP contribution in [0.3, 0.4) is 0 Å². The molecule has 2 aliphatic rings. The third-order valence-corrected chi connectivity index (χ3v) is 8.15. The Kier molecular flexibility index (Phi) is 11.2. The number of rotatable bonds is 15. The van der Waals surface area contributed by atoms with Gasteiger partial charge in [0, 0.05) is 41.9 Å². The first-order valence-corrected chi connectivity index (χ1v) is 15.2. The Labute approximate surface area is 268 Å². The highest BCUT2D eigenvalue weighted by Gasteiger charge is 2.53. The number of carbonyl (C=O) groups is 2. The maximum Gasteiger partial charge on any atom is 0.573 e.